The molecule has 24 heavy (non-hydrogen) atoms. The van der Waals surface area contributed by atoms with E-state index >= 15 is 0 Å². The molecule has 1 aliphatic heterocycles. The van der Waals surface area contributed by atoms with Crippen molar-refractivity contribution in [2.75, 3.05) is 11.9 Å². The normalized spacial score (nSPS) is 23.9. The highest BCUT2D eigenvalue weighted by atomic mass is 79.9. The number of hydrogen-bond acceptors (Lipinski definition) is 3. The minimum atomic E-state index is -0.00277. The Morgan fingerprint density at radius 1 is 1.38 bits per heavy atom. The summed E-state index contributed by atoms with van der Waals surface area (Å²) in [5, 5.41) is 0.455. The van der Waals surface area contributed by atoms with Crippen LogP contribution in [-0.2, 0) is 20.9 Å². The van der Waals surface area contributed by atoms with Gasteiger partial charge in [0.15, 0.2) is 0 Å². The molecule has 0 spiro atoms. The number of carbonyl (C=O) groups is 1. The molecule has 1 heterocycles. The molecule has 1 aromatic carbocycles. The van der Waals surface area contributed by atoms with Crippen molar-refractivity contribution in [3.05, 3.63) is 35.9 Å². The fourth-order valence-electron chi connectivity index (χ4n) is 3.07. The fourth-order valence-corrected chi connectivity index (χ4v) is 3.35. The molecule has 3 atom stereocenters. The summed E-state index contributed by atoms with van der Waals surface area (Å²) in [5.74, 6) is 0.821. The number of benzene rings is 1. The Morgan fingerprint density at radius 2 is 2.12 bits per heavy atom. The van der Waals surface area contributed by atoms with Crippen LogP contribution < -0.4 is 0 Å². The van der Waals surface area contributed by atoms with Gasteiger partial charge < -0.3 is 9.47 Å². The molecule has 0 radical (unpaired) electrons. The Balaban J connectivity index is 1.53. The van der Waals surface area contributed by atoms with E-state index in [4.69, 9.17) is 9.47 Å². The zero-order valence-corrected chi connectivity index (χ0v) is 16.4. The molecule has 3 nitrogen and oxygen atoms in total. The van der Waals surface area contributed by atoms with Crippen LogP contribution in [0.1, 0.15) is 51.5 Å². The first kappa shape index (κ1) is 19.6. The molecule has 2 rings (SSSR count). The van der Waals surface area contributed by atoms with Gasteiger partial charge >= 0.3 is 0 Å². The molecule has 1 aromatic rings. The van der Waals surface area contributed by atoms with Crippen LogP contribution in [-0.4, -0.2) is 29.4 Å². The number of ketones is 1. The van der Waals surface area contributed by atoms with E-state index < -0.39 is 0 Å². The molecule has 0 saturated carbocycles. The molecule has 1 saturated heterocycles. The van der Waals surface area contributed by atoms with E-state index in [1.165, 1.54) is 5.56 Å². The highest BCUT2D eigenvalue weighted by molar-refractivity contribution is 9.09. The zero-order chi connectivity index (χ0) is 17.4. The summed E-state index contributed by atoms with van der Waals surface area (Å²) in [6.07, 6.45) is 5.12. The standard InChI is InChI=1S/C20H29BrO3/c1-16(14-23-15-17-8-4-3-5-9-17)7-6-12-20(2)19(24-20)11-10-18(22)13-21/h3-5,8-9,16,19H,6-7,10-15H2,1-2H3. The molecule has 0 aromatic heterocycles. The van der Waals surface area contributed by atoms with Crippen LogP contribution in [0.5, 0.6) is 0 Å². The number of carbonyl (C=O) groups excluding carboxylic acids is 1. The minimum Gasteiger partial charge on any atom is -0.376 e. The maximum atomic E-state index is 11.3. The summed E-state index contributed by atoms with van der Waals surface area (Å²) in [5.41, 5.74) is 1.22. The van der Waals surface area contributed by atoms with Gasteiger partial charge in [0, 0.05) is 13.0 Å². The van der Waals surface area contributed by atoms with Crippen LogP contribution in [0, 0.1) is 5.92 Å². The number of ether oxygens (including phenoxy) is 2. The van der Waals surface area contributed by atoms with Crippen LogP contribution in [0.3, 0.4) is 0 Å². The summed E-state index contributed by atoms with van der Waals surface area (Å²) >= 11 is 3.20. The van der Waals surface area contributed by atoms with E-state index in [0.717, 1.165) is 32.3 Å². The number of halogens is 1. The Bertz CT molecular complexity index is 505. The van der Waals surface area contributed by atoms with Gasteiger partial charge in [0.05, 0.1) is 23.6 Å². The van der Waals surface area contributed by atoms with Crippen molar-refractivity contribution in [3.63, 3.8) is 0 Å². The maximum Gasteiger partial charge on any atom is 0.143 e. The molecule has 4 heteroatoms. The SMILES string of the molecule is CC(CCCC1(C)OC1CCC(=O)CBr)COCc1ccccc1. The molecule has 1 aliphatic rings. The molecule has 1 fully saturated rings. The van der Waals surface area contributed by atoms with Crippen LogP contribution >= 0.6 is 15.9 Å². The Kier molecular flexibility index (Phi) is 7.92. The lowest BCUT2D eigenvalue weighted by molar-refractivity contribution is -0.116. The summed E-state index contributed by atoms with van der Waals surface area (Å²) in [4.78, 5) is 11.3. The molecule has 0 amide bonds. The van der Waals surface area contributed by atoms with Gasteiger partial charge in [-0.25, -0.2) is 0 Å². The summed E-state index contributed by atoms with van der Waals surface area (Å²) in [7, 11) is 0. The second kappa shape index (κ2) is 9.69. The number of Topliss-reactive ketones (excluding diaryl/α,β-unsaturated/α-hetero) is 1. The van der Waals surface area contributed by atoms with Gasteiger partial charge in [0.2, 0.25) is 0 Å². The topological polar surface area (TPSA) is 38.8 Å². The first-order chi connectivity index (χ1) is 11.5. The van der Waals surface area contributed by atoms with Crippen molar-refractivity contribution in [2.24, 2.45) is 5.92 Å². The number of alkyl halides is 1. The first-order valence-electron chi connectivity index (χ1n) is 8.90. The second-order valence-corrected chi connectivity index (χ2v) is 7.69. The number of rotatable bonds is 12. The maximum absolute atomic E-state index is 11.3. The third-order valence-electron chi connectivity index (χ3n) is 4.75. The van der Waals surface area contributed by atoms with Gasteiger partial charge in [-0.2, -0.15) is 0 Å². The summed E-state index contributed by atoms with van der Waals surface area (Å²) < 4.78 is 11.6. The van der Waals surface area contributed by atoms with Gasteiger partial charge in [0.25, 0.3) is 0 Å². The van der Waals surface area contributed by atoms with Gasteiger partial charge in [-0.05, 0) is 37.7 Å². The second-order valence-electron chi connectivity index (χ2n) is 7.13. The lowest BCUT2D eigenvalue weighted by atomic mass is 9.94. The van der Waals surface area contributed by atoms with E-state index in [1.807, 2.05) is 18.2 Å². The average molecular weight is 397 g/mol. The van der Waals surface area contributed by atoms with Crippen LogP contribution in [0.4, 0.5) is 0 Å². The Hall–Kier alpha value is -0.710. The van der Waals surface area contributed by atoms with Crippen molar-refractivity contribution in [2.45, 2.75) is 64.3 Å². The van der Waals surface area contributed by atoms with E-state index in [0.29, 0.717) is 24.3 Å². The van der Waals surface area contributed by atoms with E-state index in [-0.39, 0.29) is 17.5 Å². The van der Waals surface area contributed by atoms with Crippen molar-refractivity contribution in [1.29, 1.82) is 0 Å². The number of hydrogen-bond donors (Lipinski definition) is 0. The molecular weight excluding hydrogens is 368 g/mol. The van der Waals surface area contributed by atoms with Crippen molar-refractivity contribution < 1.29 is 14.3 Å². The molecule has 0 aliphatic carbocycles. The highest BCUT2D eigenvalue weighted by Crippen LogP contribution is 2.43. The van der Waals surface area contributed by atoms with Gasteiger partial charge in [-0.15, -0.1) is 0 Å². The number of epoxide rings is 1. The lowest BCUT2D eigenvalue weighted by Crippen LogP contribution is -2.13. The van der Waals surface area contributed by atoms with Crippen molar-refractivity contribution in [1.82, 2.24) is 0 Å². The predicted octanol–water partition coefficient (Wildman–Crippen LogP) is 4.91. The van der Waals surface area contributed by atoms with Crippen molar-refractivity contribution >= 4 is 21.7 Å². The predicted molar refractivity (Wildman–Crippen MR) is 100 cm³/mol. The van der Waals surface area contributed by atoms with Crippen molar-refractivity contribution in [3.8, 4) is 0 Å². The van der Waals surface area contributed by atoms with Crippen LogP contribution in [0.25, 0.3) is 0 Å². The molecule has 0 N–H and O–H groups in total. The third-order valence-corrected chi connectivity index (χ3v) is 5.38. The zero-order valence-electron chi connectivity index (χ0n) is 14.8. The third kappa shape index (κ3) is 6.66. The van der Waals surface area contributed by atoms with Gasteiger partial charge in [-0.3, -0.25) is 4.79 Å². The Labute approximate surface area is 154 Å². The minimum absolute atomic E-state index is 0.00277. The largest absolute Gasteiger partial charge is 0.376 e. The molecule has 3 unspecified atom stereocenters. The Morgan fingerprint density at radius 3 is 2.83 bits per heavy atom. The lowest BCUT2D eigenvalue weighted by Gasteiger charge is -2.13. The van der Waals surface area contributed by atoms with Gasteiger partial charge in [0.1, 0.15) is 5.78 Å². The summed E-state index contributed by atoms with van der Waals surface area (Å²) in [6, 6.07) is 10.3. The van der Waals surface area contributed by atoms with Gasteiger partial charge in [-0.1, -0.05) is 59.6 Å². The monoisotopic (exact) mass is 396 g/mol. The summed E-state index contributed by atoms with van der Waals surface area (Å²) in [6.45, 7) is 5.91. The van der Waals surface area contributed by atoms with Crippen LogP contribution in [0.2, 0.25) is 0 Å². The quantitative estimate of drug-likeness (QED) is 0.372. The van der Waals surface area contributed by atoms with Crippen LogP contribution in [0.15, 0.2) is 30.3 Å². The van der Waals surface area contributed by atoms with E-state index in [1.54, 1.807) is 0 Å². The van der Waals surface area contributed by atoms with E-state index in [9.17, 15) is 4.79 Å². The smallest absolute Gasteiger partial charge is 0.143 e. The first-order valence-corrected chi connectivity index (χ1v) is 10.0. The molecule has 0 bridgehead atoms. The highest BCUT2D eigenvalue weighted by Gasteiger charge is 2.50. The molecule has 134 valence electrons. The average Bonchev–Trinajstić information content (AvgIpc) is 3.23. The fraction of sp³-hybridized carbons (Fsp3) is 0.650. The molecular formula is C20H29BrO3. The van der Waals surface area contributed by atoms with E-state index in [2.05, 4.69) is 41.9 Å².